The molecule has 1 aromatic carbocycles. The van der Waals surface area contributed by atoms with Crippen molar-refractivity contribution in [1.82, 2.24) is 14.6 Å². The van der Waals surface area contributed by atoms with Crippen molar-refractivity contribution in [3.63, 3.8) is 0 Å². The lowest BCUT2D eigenvalue weighted by molar-refractivity contribution is 0.339. The van der Waals surface area contributed by atoms with Crippen LogP contribution in [0.1, 0.15) is 11.6 Å². The lowest BCUT2D eigenvalue weighted by atomic mass is 10.1. The van der Waals surface area contributed by atoms with Gasteiger partial charge in [0.2, 0.25) is 0 Å². The predicted molar refractivity (Wildman–Crippen MR) is 71.3 cm³/mol. The van der Waals surface area contributed by atoms with Gasteiger partial charge in [-0.15, -0.1) is 0 Å². The summed E-state index contributed by atoms with van der Waals surface area (Å²) in [4.78, 5) is 4.39. The molecule has 0 aliphatic carbocycles. The number of anilines is 1. The van der Waals surface area contributed by atoms with Crippen LogP contribution in [-0.2, 0) is 0 Å². The van der Waals surface area contributed by atoms with Crippen LogP contribution in [0, 0.1) is 0 Å². The number of para-hydroxylation sites is 1. The molecule has 2 aromatic heterocycles. The highest BCUT2D eigenvalue weighted by molar-refractivity contribution is 5.67. The summed E-state index contributed by atoms with van der Waals surface area (Å²) in [6.07, 6.45) is 5.34. The van der Waals surface area contributed by atoms with Crippen LogP contribution in [0.15, 0.2) is 48.9 Å². The first-order chi connectivity index (χ1) is 9.42. The molecule has 0 saturated heterocycles. The Morgan fingerprint density at radius 1 is 1.21 bits per heavy atom. The largest absolute Gasteiger partial charge is 0.491 e. The fourth-order valence-corrected chi connectivity index (χ4v) is 2.42. The molecule has 19 heavy (non-hydrogen) atoms. The number of hydrogen-bond donors (Lipinski definition) is 1. The van der Waals surface area contributed by atoms with E-state index in [9.17, 15) is 0 Å². The fraction of sp³-hybridized carbons (Fsp3) is 0.143. The third-order valence-electron chi connectivity index (χ3n) is 3.34. The Kier molecular flexibility index (Phi) is 2.17. The van der Waals surface area contributed by atoms with Crippen LogP contribution in [-0.4, -0.2) is 21.2 Å². The molecule has 5 heteroatoms. The van der Waals surface area contributed by atoms with Gasteiger partial charge in [0.1, 0.15) is 17.9 Å². The predicted octanol–water partition coefficient (Wildman–Crippen LogP) is 2.27. The molecule has 0 radical (unpaired) electrons. The maximum atomic E-state index is 5.66. The van der Waals surface area contributed by atoms with Crippen LogP contribution < -0.4 is 10.1 Å². The molecule has 4 rings (SSSR count). The fourth-order valence-electron chi connectivity index (χ4n) is 2.42. The number of hydrogen-bond acceptors (Lipinski definition) is 4. The van der Waals surface area contributed by atoms with Gasteiger partial charge < -0.3 is 10.1 Å². The van der Waals surface area contributed by atoms with Crippen molar-refractivity contribution < 1.29 is 4.74 Å². The van der Waals surface area contributed by atoms with E-state index in [4.69, 9.17) is 4.74 Å². The quantitative estimate of drug-likeness (QED) is 0.760. The van der Waals surface area contributed by atoms with Gasteiger partial charge >= 0.3 is 0 Å². The third-order valence-corrected chi connectivity index (χ3v) is 3.34. The average molecular weight is 252 g/mol. The van der Waals surface area contributed by atoms with E-state index in [2.05, 4.69) is 21.5 Å². The molecule has 0 saturated carbocycles. The molecular formula is C14H12N4O. The Balaban J connectivity index is 1.71. The van der Waals surface area contributed by atoms with E-state index >= 15 is 0 Å². The number of rotatable bonds is 2. The van der Waals surface area contributed by atoms with Gasteiger partial charge in [-0.1, -0.05) is 18.2 Å². The Morgan fingerprint density at radius 2 is 2.16 bits per heavy atom. The van der Waals surface area contributed by atoms with Crippen LogP contribution in [0.2, 0.25) is 0 Å². The second-order valence-corrected chi connectivity index (χ2v) is 4.48. The summed E-state index contributed by atoms with van der Waals surface area (Å²) in [5, 5.41) is 7.63. The second-order valence-electron chi connectivity index (χ2n) is 4.48. The molecule has 94 valence electrons. The smallest absolute Gasteiger partial charge is 0.152 e. The van der Waals surface area contributed by atoms with Crippen molar-refractivity contribution in [3.8, 4) is 5.75 Å². The zero-order valence-electron chi connectivity index (χ0n) is 10.2. The molecule has 1 aliphatic heterocycles. The van der Waals surface area contributed by atoms with E-state index in [0.29, 0.717) is 6.61 Å². The lowest BCUT2D eigenvalue weighted by Gasteiger charge is -2.12. The summed E-state index contributed by atoms with van der Waals surface area (Å²) >= 11 is 0. The topological polar surface area (TPSA) is 51.5 Å². The van der Waals surface area contributed by atoms with Crippen LogP contribution in [0.4, 0.5) is 5.82 Å². The highest BCUT2D eigenvalue weighted by Crippen LogP contribution is 2.34. The van der Waals surface area contributed by atoms with E-state index in [1.165, 1.54) is 5.56 Å². The van der Waals surface area contributed by atoms with E-state index < -0.39 is 0 Å². The number of aromatic nitrogens is 3. The summed E-state index contributed by atoms with van der Waals surface area (Å²) in [6.45, 7) is 0.621. The summed E-state index contributed by atoms with van der Waals surface area (Å²) < 4.78 is 7.47. The summed E-state index contributed by atoms with van der Waals surface area (Å²) in [5.41, 5.74) is 2.14. The van der Waals surface area contributed by atoms with Crippen LogP contribution in [0.25, 0.3) is 5.52 Å². The van der Waals surface area contributed by atoms with Crippen molar-refractivity contribution in [2.45, 2.75) is 6.04 Å². The minimum absolute atomic E-state index is 0.129. The zero-order chi connectivity index (χ0) is 12.7. The Labute approximate surface area is 109 Å². The molecule has 0 amide bonds. The van der Waals surface area contributed by atoms with E-state index in [1.54, 1.807) is 16.9 Å². The monoisotopic (exact) mass is 252 g/mol. The van der Waals surface area contributed by atoms with E-state index in [1.807, 2.05) is 30.5 Å². The molecular weight excluding hydrogens is 240 g/mol. The summed E-state index contributed by atoms with van der Waals surface area (Å²) in [5.74, 6) is 1.77. The molecule has 3 aromatic rings. The molecule has 1 aliphatic rings. The molecule has 0 fully saturated rings. The Bertz CT molecular complexity index is 737. The van der Waals surface area contributed by atoms with Gasteiger partial charge in [-0.3, -0.25) is 0 Å². The molecule has 1 N–H and O–H groups in total. The maximum absolute atomic E-state index is 5.66. The third kappa shape index (κ3) is 1.62. The molecule has 1 atom stereocenters. The molecule has 3 heterocycles. The second kappa shape index (κ2) is 3.98. The lowest BCUT2D eigenvalue weighted by Crippen LogP contribution is -2.13. The van der Waals surface area contributed by atoms with Gasteiger partial charge in [0.25, 0.3) is 0 Å². The van der Waals surface area contributed by atoms with Crippen molar-refractivity contribution in [3.05, 3.63) is 54.5 Å². The van der Waals surface area contributed by atoms with Gasteiger partial charge in [-0.05, 0) is 12.1 Å². The number of nitrogens with one attached hydrogen (secondary N) is 1. The molecule has 0 bridgehead atoms. The van der Waals surface area contributed by atoms with Crippen molar-refractivity contribution >= 4 is 11.3 Å². The number of benzene rings is 1. The summed E-state index contributed by atoms with van der Waals surface area (Å²) in [6, 6.07) is 10.1. The zero-order valence-corrected chi connectivity index (χ0v) is 10.2. The average Bonchev–Trinajstić information content (AvgIpc) is 3.06. The first-order valence-electron chi connectivity index (χ1n) is 6.18. The van der Waals surface area contributed by atoms with Crippen LogP contribution in [0.3, 0.4) is 0 Å². The minimum Gasteiger partial charge on any atom is -0.491 e. The number of fused-ring (bicyclic) bond motifs is 2. The van der Waals surface area contributed by atoms with Gasteiger partial charge in [-0.2, -0.15) is 5.10 Å². The Hall–Kier alpha value is -2.56. The SMILES string of the molecule is c1ccc2c(c1)OCC2Nc1nccn2nccc12. The standard InChI is InChI=1S/C14H12N4O/c1-2-4-13-10(3-1)11(9-19-13)17-14-12-5-6-16-18(12)8-7-15-14/h1-8,11H,9H2,(H,15,17). The van der Waals surface area contributed by atoms with Crippen molar-refractivity contribution in [2.75, 3.05) is 11.9 Å². The van der Waals surface area contributed by atoms with Crippen molar-refractivity contribution in [2.24, 2.45) is 0 Å². The molecule has 1 unspecified atom stereocenters. The first-order valence-corrected chi connectivity index (χ1v) is 6.18. The van der Waals surface area contributed by atoms with Crippen LogP contribution in [0.5, 0.6) is 5.75 Å². The molecule has 0 spiro atoms. The maximum Gasteiger partial charge on any atom is 0.152 e. The van der Waals surface area contributed by atoms with Crippen LogP contribution >= 0.6 is 0 Å². The van der Waals surface area contributed by atoms with E-state index in [0.717, 1.165) is 17.1 Å². The minimum atomic E-state index is 0.129. The highest BCUT2D eigenvalue weighted by atomic mass is 16.5. The molecule has 5 nitrogen and oxygen atoms in total. The number of ether oxygens (including phenoxy) is 1. The normalized spacial score (nSPS) is 17.2. The highest BCUT2D eigenvalue weighted by Gasteiger charge is 2.24. The van der Waals surface area contributed by atoms with Gasteiger partial charge in [0.15, 0.2) is 5.82 Å². The number of nitrogens with zero attached hydrogens (tertiary/aromatic N) is 3. The van der Waals surface area contributed by atoms with Gasteiger partial charge in [0.05, 0.1) is 12.2 Å². The summed E-state index contributed by atoms with van der Waals surface area (Å²) in [7, 11) is 0. The Morgan fingerprint density at radius 3 is 3.16 bits per heavy atom. The van der Waals surface area contributed by atoms with E-state index in [-0.39, 0.29) is 6.04 Å². The first kappa shape index (κ1) is 10.4. The van der Waals surface area contributed by atoms with Gasteiger partial charge in [-0.25, -0.2) is 9.50 Å². The van der Waals surface area contributed by atoms with Gasteiger partial charge in [0, 0.05) is 18.0 Å². The van der Waals surface area contributed by atoms with Crippen molar-refractivity contribution in [1.29, 1.82) is 0 Å².